The molecule has 1 N–H and O–H groups in total. The van der Waals surface area contributed by atoms with E-state index in [0.29, 0.717) is 17.7 Å². The SMILES string of the molecule is CCCN(CCC)C1Cc2cccc(C(=O)OC)c2NC1=O. The van der Waals surface area contributed by atoms with Crippen LogP contribution in [0.1, 0.15) is 42.6 Å². The summed E-state index contributed by atoms with van der Waals surface area (Å²) in [6.07, 6.45) is 2.66. The third kappa shape index (κ3) is 3.30. The number of hydrogen-bond acceptors (Lipinski definition) is 4. The van der Waals surface area contributed by atoms with Crippen LogP contribution in [0, 0.1) is 0 Å². The van der Waals surface area contributed by atoms with Crippen molar-refractivity contribution in [3.05, 3.63) is 29.3 Å². The number of rotatable bonds is 6. The van der Waals surface area contributed by atoms with Crippen LogP contribution in [0.3, 0.4) is 0 Å². The highest BCUT2D eigenvalue weighted by molar-refractivity contribution is 6.05. The van der Waals surface area contributed by atoms with Gasteiger partial charge >= 0.3 is 5.97 Å². The van der Waals surface area contributed by atoms with Crippen molar-refractivity contribution in [2.45, 2.75) is 39.2 Å². The highest BCUT2D eigenvalue weighted by Gasteiger charge is 2.32. The Hall–Kier alpha value is -1.88. The average molecular weight is 304 g/mol. The fraction of sp³-hybridized carbons (Fsp3) is 0.529. The van der Waals surface area contributed by atoms with Crippen LogP contribution in [0.2, 0.25) is 0 Å². The number of carbonyl (C=O) groups is 2. The number of ether oxygens (including phenoxy) is 1. The van der Waals surface area contributed by atoms with Crippen molar-refractivity contribution in [3.63, 3.8) is 0 Å². The first-order chi connectivity index (χ1) is 10.6. The van der Waals surface area contributed by atoms with E-state index in [1.165, 1.54) is 7.11 Å². The van der Waals surface area contributed by atoms with Gasteiger partial charge in [0.1, 0.15) is 0 Å². The maximum atomic E-state index is 12.5. The second-order valence-corrected chi connectivity index (χ2v) is 5.58. The van der Waals surface area contributed by atoms with Crippen LogP contribution in [0.4, 0.5) is 5.69 Å². The molecule has 1 aliphatic heterocycles. The van der Waals surface area contributed by atoms with Gasteiger partial charge in [0.15, 0.2) is 0 Å². The van der Waals surface area contributed by atoms with Gasteiger partial charge in [-0.1, -0.05) is 26.0 Å². The number of benzene rings is 1. The van der Waals surface area contributed by atoms with Gasteiger partial charge in [0.2, 0.25) is 5.91 Å². The van der Waals surface area contributed by atoms with Gasteiger partial charge in [-0.05, 0) is 44.0 Å². The molecular weight excluding hydrogens is 280 g/mol. The molecule has 1 unspecified atom stereocenters. The molecular formula is C17H24N2O3. The minimum atomic E-state index is -0.422. The van der Waals surface area contributed by atoms with Crippen LogP contribution in [0.25, 0.3) is 0 Å². The van der Waals surface area contributed by atoms with Crippen molar-refractivity contribution in [3.8, 4) is 0 Å². The van der Waals surface area contributed by atoms with Gasteiger partial charge in [0, 0.05) is 0 Å². The monoisotopic (exact) mass is 304 g/mol. The highest BCUT2D eigenvalue weighted by Crippen LogP contribution is 2.29. The zero-order valence-corrected chi connectivity index (χ0v) is 13.5. The third-order valence-electron chi connectivity index (χ3n) is 3.98. The maximum absolute atomic E-state index is 12.5. The molecule has 0 aliphatic carbocycles. The first-order valence-corrected chi connectivity index (χ1v) is 7.87. The smallest absolute Gasteiger partial charge is 0.339 e. The summed E-state index contributed by atoms with van der Waals surface area (Å²) in [6, 6.07) is 5.31. The molecule has 22 heavy (non-hydrogen) atoms. The summed E-state index contributed by atoms with van der Waals surface area (Å²) in [5.74, 6) is -0.458. The Kier molecular flexibility index (Phi) is 5.55. The molecule has 0 saturated heterocycles. The van der Waals surface area contributed by atoms with Gasteiger partial charge in [-0.25, -0.2) is 4.79 Å². The molecule has 0 saturated carbocycles. The third-order valence-corrected chi connectivity index (χ3v) is 3.98. The largest absolute Gasteiger partial charge is 0.465 e. The van der Waals surface area contributed by atoms with Crippen LogP contribution < -0.4 is 5.32 Å². The van der Waals surface area contributed by atoms with Gasteiger partial charge in [0.05, 0.1) is 24.4 Å². The molecule has 1 aromatic carbocycles. The van der Waals surface area contributed by atoms with Crippen LogP contribution in [0.5, 0.6) is 0 Å². The zero-order chi connectivity index (χ0) is 16.1. The molecule has 0 radical (unpaired) electrons. The molecule has 0 aromatic heterocycles. The molecule has 1 aromatic rings. The number of nitrogens with one attached hydrogen (secondary N) is 1. The van der Waals surface area contributed by atoms with Crippen LogP contribution >= 0.6 is 0 Å². The predicted molar refractivity (Wildman–Crippen MR) is 86.1 cm³/mol. The van der Waals surface area contributed by atoms with E-state index < -0.39 is 5.97 Å². The van der Waals surface area contributed by atoms with Crippen molar-refractivity contribution in [1.29, 1.82) is 0 Å². The fourth-order valence-electron chi connectivity index (χ4n) is 3.00. The van der Waals surface area contributed by atoms with Crippen LogP contribution in [-0.2, 0) is 16.0 Å². The van der Waals surface area contributed by atoms with Crippen molar-refractivity contribution < 1.29 is 14.3 Å². The molecule has 1 heterocycles. The molecule has 0 bridgehead atoms. The number of carbonyl (C=O) groups excluding carboxylic acids is 2. The minimum Gasteiger partial charge on any atom is -0.465 e. The summed E-state index contributed by atoms with van der Waals surface area (Å²) < 4.78 is 4.79. The molecule has 1 atom stereocenters. The van der Waals surface area contributed by atoms with Gasteiger partial charge in [0.25, 0.3) is 0 Å². The lowest BCUT2D eigenvalue weighted by Crippen LogP contribution is -2.48. The van der Waals surface area contributed by atoms with Gasteiger partial charge in [-0.15, -0.1) is 0 Å². The Balaban J connectivity index is 2.30. The molecule has 1 amide bonds. The Morgan fingerprint density at radius 3 is 2.59 bits per heavy atom. The van der Waals surface area contributed by atoms with Gasteiger partial charge < -0.3 is 10.1 Å². The first-order valence-electron chi connectivity index (χ1n) is 7.87. The van der Waals surface area contributed by atoms with Crippen LogP contribution in [0.15, 0.2) is 18.2 Å². The lowest BCUT2D eigenvalue weighted by Gasteiger charge is -2.34. The molecule has 5 heteroatoms. The number of nitrogens with zero attached hydrogens (tertiary/aromatic N) is 1. The number of fused-ring (bicyclic) bond motifs is 1. The van der Waals surface area contributed by atoms with E-state index in [0.717, 1.165) is 31.5 Å². The molecule has 120 valence electrons. The topological polar surface area (TPSA) is 58.6 Å². The summed E-state index contributed by atoms with van der Waals surface area (Å²) in [7, 11) is 1.35. The first kappa shape index (κ1) is 16.5. The minimum absolute atomic E-state index is 0.0363. The van der Waals surface area contributed by atoms with Crippen molar-refractivity contribution >= 4 is 17.6 Å². The van der Waals surface area contributed by atoms with E-state index in [9.17, 15) is 9.59 Å². The molecule has 5 nitrogen and oxygen atoms in total. The lowest BCUT2D eigenvalue weighted by atomic mass is 9.94. The van der Waals surface area contributed by atoms with E-state index in [-0.39, 0.29) is 11.9 Å². The van der Waals surface area contributed by atoms with E-state index in [1.807, 2.05) is 12.1 Å². The number of anilines is 1. The van der Waals surface area contributed by atoms with Crippen molar-refractivity contribution in [2.75, 3.05) is 25.5 Å². The molecule has 2 rings (SSSR count). The second-order valence-electron chi connectivity index (χ2n) is 5.58. The molecule has 1 aliphatic rings. The Morgan fingerprint density at radius 2 is 2.00 bits per heavy atom. The number of para-hydroxylation sites is 1. The van der Waals surface area contributed by atoms with Gasteiger partial charge in [-0.3, -0.25) is 9.69 Å². The standard InChI is InChI=1S/C17H24N2O3/c1-4-9-19(10-5-2)14-11-12-7-6-8-13(17(21)22-3)15(12)18-16(14)20/h6-8,14H,4-5,9-11H2,1-3H3,(H,18,20). The summed E-state index contributed by atoms with van der Waals surface area (Å²) in [4.78, 5) is 26.6. The molecule has 0 fully saturated rings. The maximum Gasteiger partial charge on any atom is 0.339 e. The Bertz CT molecular complexity index is 551. The summed E-state index contributed by atoms with van der Waals surface area (Å²) in [5, 5.41) is 2.91. The number of esters is 1. The van der Waals surface area contributed by atoms with Crippen molar-refractivity contribution in [2.24, 2.45) is 0 Å². The number of amides is 1. The molecule has 0 spiro atoms. The van der Waals surface area contributed by atoms with Crippen molar-refractivity contribution in [1.82, 2.24) is 4.90 Å². The summed E-state index contributed by atoms with van der Waals surface area (Å²) in [5.41, 5.74) is 2.01. The summed E-state index contributed by atoms with van der Waals surface area (Å²) >= 11 is 0. The normalized spacial score (nSPS) is 17.1. The average Bonchev–Trinajstić information content (AvgIpc) is 2.53. The quantitative estimate of drug-likeness (QED) is 0.820. The van der Waals surface area contributed by atoms with E-state index >= 15 is 0 Å². The van der Waals surface area contributed by atoms with Crippen LogP contribution in [-0.4, -0.2) is 43.0 Å². The van der Waals surface area contributed by atoms with E-state index in [1.54, 1.807) is 6.07 Å². The summed E-state index contributed by atoms with van der Waals surface area (Å²) in [6.45, 7) is 6.04. The fourth-order valence-corrected chi connectivity index (χ4v) is 3.00. The Labute approximate surface area is 131 Å². The van der Waals surface area contributed by atoms with E-state index in [4.69, 9.17) is 4.74 Å². The van der Waals surface area contributed by atoms with Gasteiger partial charge in [-0.2, -0.15) is 0 Å². The second kappa shape index (κ2) is 7.40. The predicted octanol–water partition coefficient (Wildman–Crippen LogP) is 2.46. The Morgan fingerprint density at radius 1 is 1.32 bits per heavy atom. The number of hydrogen-bond donors (Lipinski definition) is 1. The number of methoxy groups -OCH3 is 1. The lowest BCUT2D eigenvalue weighted by molar-refractivity contribution is -0.121. The highest BCUT2D eigenvalue weighted by atomic mass is 16.5. The zero-order valence-electron chi connectivity index (χ0n) is 13.5. The van der Waals surface area contributed by atoms with E-state index in [2.05, 4.69) is 24.1 Å².